The molecule has 88 valence electrons. The number of nitrogen functional groups attached to an aromatic ring is 1. The third-order valence-electron chi connectivity index (χ3n) is 2.11. The summed E-state index contributed by atoms with van der Waals surface area (Å²) < 4.78 is 0. The molecule has 0 atom stereocenters. The van der Waals surface area contributed by atoms with Crippen molar-refractivity contribution in [1.82, 2.24) is 4.98 Å². The summed E-state index contributed by atoms with van der Waals surface area (Å²) in [6, 6.07) is 7.35. The van der Waals surface area contributed by atoms with Gasteiger partial charge in [0, 0.05) is 16.6 Å². The van der Waals surface area contributed by atoms with Crippen molar-refractivity contribution in [2.75, 3.05) is 16.9 Å². The maximum atomic E-state index is 11.1. The van der Waals surface area contributed by atoms with Crippen LogP contribution < -0.4 is 11.1 Å². The van der Waals surface area contributed by atoms with Crippen LogP contribution in [-0.4, -0.2) is 16.8 Å². The highest BCUT2D eigenvalue weighted by atomic mass is 35.5. The van der Waals surface area contributed by atoms with E-state index in [1.807, 2.05) is 17.5 Å². The van der Waals surface area contributed by atoms with Crippen molar-refractivity contribution in [2.45, 2.75) is 0 Å². The number of carbonyl (C=O) groups is 1. The first kappa shape index (κ1) is 11.9. The molecule has 17 heavy (non-hydrogen) atoms. The van der Waals surface area contributed by atoms with Gasteiger partial charge in [-0.1, -0.05) is 12.1 Å². The van der Waals surface area contributed by atoms with Crippen molar-refractivity contribution in [3.63, 3.8) is 0 Å². The number of anilines is 2. The Balaban J connectivity index is 2.15. The van der Waals surface area contributed by atoms with Crippen molar-refractivity contribution >= 4 is 39.7 Å². The van der Waals surface area contributed by atoms with E-state index in [9.17, 15) is 4.79 Å². The van der Waals surface area contributed by atoms with Crippen molar-refractivity contribution in [3.8, 4) is 11.3 Å². The van der Waals surface area contributed by atoms with Gasteiger partial charge in [0.2, 0.25) is 5.91 Å². The molecule has 1 aromatic heterocycles. The zero-order valence-corrected chi connectivity index (χ0v) is 10.4. The summed E-state index contributed by atoms with van der Waals surface area (Å²) in [4.78, 5) is 15.2. The normalized spacial score (nSPS) is 10.2. The molecule has 2 aromatic rings. The summed E-state index contributed by atoms with van der Waals surface area (Å²) in [5.74, 6) is -0.276. The predicted octanol–water partition coefficient (Wildman–Crippen LogP) is 2.57. The Morgan fingerprint density at radius 1 is 1.41 bits per heavy atom. The zero-order valence-electron chi connectivity index (χ0n) is 8.81. The van der Waals surface area contributed by atoms with Crippen LogP contribution in [0.2, 0.25) is 0 Å². The molecule has 3 N–H and O–H groups in total. The van der Waals surface area contributed by atoms with Gasteiger partial charge in [0.25, 0.3) is 0 Å². The monoisotopic (exact) mass is 267 g/mol. The standard InChI is InChI=1S/C11H10ClN3OS/c12-5-10(16)14-8-3-1-7(2-4-8)9-6-17-11(13)15-9/h1-4,6H,5H2,(H2,13,15)(H,14,16). The number of hydrogen-bond donors (Lipinski definition) is 2. The fraction of sp³-hybridized carbons (Fsp3) is 0.0909. The number of thiazole rings is 1. The molecule has 0 unspecified atom stereocenters. The van der Waals surface area contributed by atoms with Gasteiger partial charge in [0.1, 0.15) is 5.88 Å². The van der Waals surface area contributed by atoms with E-state index in [2.05, 4.69) is 10.3 Å². The van der Waals surface area contributed by atoms with Gasteiger partial charge in [0.05, 0.1) is 5.69 Å². The fourth-order valence-corrected chi connectivity index (χ4v) is 1.98. The largest absolute Gasteiger partial charge is 0.375 e. The van der Waals surface area contributed by atoms with E-state index in [1.165, 1.54) is 11.3 Å². The smallest absolute Gasteiger partial charge is 0.239 e. The van der Waals surface area contributed by atoms with Gasteiger partial charge in [-0.05, 0) is 12.1 Å². The second kappa shape index (κ2) is 5.16. The lowest BCUT2D eigenvalue weighted by Gasteiger charge is -2.03. The summed E-state index contributed by atoms with van der Waals surface area (Å²) in [5, 5.41) is 5.09. The number of hydrogen-bond acceptors (Lipinski definition) is 4. The Bertz CT molecular complexity index is 524. The molecule has 0 fully saturated rings. The van der Waals surface area contributed by atoms with Crippen LogP contribution in [0.1, 0.15) is 0 Å². The number of rotatable bonds is 3. The third-order valence-corrected chi connectivity index (χ3v) is 3.02. The van der Waals surface area contributed by atoms with E-state index in [0.29, 0.717) is 10.8 Å². The zero-order chi connectivity index (χ0) is 12.3. The average molecular weight is 268 g/mol. The number of carbonyl (C=O) groups excluding carboxylic acids is 1. The van der Waals surface area contributed by atoms with Crippen LogP contribution >= 0.6 is 22.9 Å². The quantitative estimate of drug-likeness (QED) is 0.840. The summed E-state index contributed by atoms with van der Waals surface area (Å²) in [7, 11) is 0. The Kier molecular flexibility index (Phi) is 3.61. The number of nitrogens with two attached hydrogens (primary N) is 1. The second-order valence-electron chi connectivity index (χ2n) is 3.33. The van der Waals surface area contributed by atoms with Crippen molar-refractivity contribution in [2.24, 2.45) is 0 Å². The van der Waals surface area contributed by atoms with Crippen molar-refractivity contribution in [1.29, 1.82) is 0 Å². The third kappa shape index (κ3) is 2.95. The first-order valence-corrected chi connectivity index (χ1v) is 6.27. The maximum absolute atomic E-state index is 11.1. The fourth-order valence-electron chi connectivity index (χ4n) is 1.34. The Morgan fingerprint density at radius 3 is 2.65 bits per heavy atom. The summed E-state index contributed by atoms with van der Waals surface area (Å²) in [6.07, 6.45) is 0. The van der Waals surface area contributed by atoms with Crippen LogP contribution in [0.5, 0.6) is 0 Å². The minimum Gasteiger partial charge on any atom is -0.375 e. The van der Waals surface area contributed by atoms with Crippen LogP contribution in [-0.2, 0) is 4.79 Å². The lowest BCUT2D eigenvalue weighted by molar-refractivity contribution is -0.113. The first-order valence-electron chi connectivity index (χ1n) is 4.86. The number of halogens is 1. The summed E-state index contributed by atoms with van der Waals surface area (Å²) in [6.45, 7) is 0. The number of amides is 1. The van der Waals surface area contributed by atoms with Gasteiger partial charge in [-0.3, -0.25) is 4.79 Å². The molecule has 1 heterocycles. The highest BCUT2D eigenvalue weighted by Crippen LogP contribution is 2.24. The lowest BCUT2D eigenvalue weighted by Crippen LogP contribution is -2.12. The van der Waals surface area contributed by atoms with E-state index >= 15 is 0 Å². The van der Waals surface area contributed by atoms with Gasteiger partial charge >= 0.3 is 0 Å². The van der Waals surface area contributed by atoms with Crippen LogP contribution in [0.4, 0.5) is 10.8 Å². The lowest BCUT2D eigenvalue weighted by atomic mass is 10.1. The SMILES string of the molecule is Nc1nc(-c2ccc(NC(=O)CCl)cc2)cs1. The van der Waals surface area contributed by atoms with E-state index in [0.717, 1.165) is 11.3 Å². The molecule has 0 saturated heterocycles. The van der Waals surface area contributed by atoms with Crippen molar-refractivity contribution < 1.29 is 4.79 Å². The van der Waals surface area contributed by atoms with E-state index in [4.69, 9.17) is 17.3 Å². The molecule has 0 aliphatic rings. The number of alkyl halides is 1. The molecule has 0 saturated carbocycles. The molecule has 0 aliphatic carbocycles. The Labute approximate surface area is 107 Å². The molecule has 0 spiro atoms. The van der Waals surface area contributed by atoms with Crippen molar-refractivity contribution in [3.05, 3.63) is 29.6 Å². The highest BCUT2D eigenvalue weighted by Gasteiger charge is 2.03. The van der Waals surface area contributed by atoms with Crippen LogP contribution in [0, 0.1) is 0 Å². The summed E-state index contributed by atoms with van der Waals surface area (Å²) in [5.41, 5.74) is 8.07. The topological polar surface area (TPSA) is 68.0 Å². The van der Waals surface area contributed by atoms with Gasteiger partial charge in [-0.15, -0.1) is 22.9 Å². The van der Waals surface area contributed by atoms with Crippen LogP contribution in [0.15, 0.2) is 29.6 Å². The molecule has 1 amide bonds. The van der Waals surface area contributed by atoms with Gasteiger partial charge in [-0.25, -0.2) is 4.98 Å². The second-order valence-corrected chi connectivity index (χ2v) is 4.49. The molecule has 0 bridgehead atoms. The number of benzene rings is 1. The van der Waals surface area contributed by atoms with Gasteiger partial charge in [0.15, 0.2) is 5.13 Å². The highest BCUT2D eigenvalue weighted by molar-refractivity contribution is 7.13. The number of nitrogens with one attached hydrogen (secondary N) is 1. The molecular weight excluding hydrogens is 258 g/mol. The molecule has 4 nitrogen and oxygen atoms in total. The molecule has 2 rings (SSSR count). The van der Waals surface area contributed by atoms with Gasteiger partial charge in [-0.2, -0.15) is 0 Å². The molecule has 0 radical (unpaired) electrons. The maximum Gasteiger partial charge on any atom is 0.239 e. The Morgan fingerprint density at radius 2 is 2.12 bits per heavy atom. The molecule has 6 heteroatoms. The first-order chi connectivity index (χ1) is 8.19. The van der Waals surface area contributed by atoms with Crippen LogP contribution in [0.25, 0.3) is 11.3 Å². The van der Waals surface area contributed by atoms with E-state index < -0.39 is 0 Å². The molecule has 1 aromatic carbocycles. The number of aromatic nitrogens is 1. The number of nitrogens with zero attached hydrogens (tertiary/aromatic N) is 1. The summed E-state index contributed by atoms with van der Waals surface area (Å²) >= 11 is 6.79. The molecule has 0 aliphatic heterocycles. The predicted molar refractivity (Wildman–Crippen MR) is 71.3 cm³/mol. The van der Waals surface area contributed by atoms with E-state index in [1.54, 1.807) is 12.1 Å². The van der Waals surface area contributed by atoms with Crippen LogP contribution in [0.3, 0.4) is 0 Å². The van der Waals surface area contributed by atoms with E-state index in [-0.39, 0.29) is 11.8 Å². The van der Waals surface area contributed by atoms with Gasteiger partial charge < -0.3 is 11.1 Å². The molecular formula is C11H10ClN3OS. The minimum absolute atomic E-state index is 0.0512. The minimum atomic E-state index is -0.225. The average Bonchev–Trinajstić information content (AvgIpc) is 2.77. The Hall–Kier alpha value is -1.59.